The molecule has 13 heteroatoms. The van der Waals surface area contributed by atoms with Crippen molar-refractivity contribution in [3.8, 4) is 22.6 Å². The smallest absolute Gasteiger partial charge is 0.459 e. The second kappa shape index (κ2) is 18.7. The summed E-state index contributed by atoms with van der Waals surface area (Å²) in [4.78, 5) is 25.1. The van der Waals surface area contributed by atoms with E-state index in [0.717, 1.165) is 36.8 Å². The van der Waals surface area contributed by atoms with Crippen molar-refractivity contribution in [1.29, 1.82) is 0 Å². The van der Waals surface area contributed by atoms with Gasteiger partial charge in [-0.3, -0.25) is 0 Å². The van der Waals surface area contributed by atoms with Gasteiger partial charge in [0, 0.05) is 6.61 Å². The van der Waals surface area contributed by atoms with Crippen LogP contribution < -0.4 is 9.47 Å². The first kappa shape index (κ1) is 40.3. The van der Waals surface area contributed by atoms with Crippen molar-refractivity contribution in [3.05, 3.63) is 83.9 Å². The summed E-state index contributed by atoms with van der Waals surface area (Å²) < 4.78 is 109. The predicted octanol–water partition coefficient (Wildman–Crippen LogP) is 10.5. The molecule has 0 bridgehead atoms. The SMILES string of the molecule is CCCCCC[C@H](C)OC(=O)c1ccc(-c2ccc(OC(=O)c3ccc(OCCCCCOCC(F)(F)C(F)(F)C(F)(F)F)cc3)cc2)cc1. The summed E-state index contributed by atoms with van der Waals surface area (Å²) in [5.41, 5.74) is 2.46. The first-order valence-electron chi connectivity index (χ1n) is 16.4. The molecule has 0 N–H and O–H groups in total. The fraction of sp³-hybridized carbons (Fsp3) is 0.459. The molecule has 3 rings (SSSR count). The van der Waals surface area contributed by atoms with Crippen LogP contribution in [-0.2, 0) is 9.47 Å². The molecule has 50 heavy (non-hydrogen) atoms. The Labute approximate surface area is 286 Å². The number of hydrogen-bond donors (Lipinski definition) is 0. The molecule has 0 heterocycles. The monoisotopic (exact) mass is 714 g/mol. The number of carbonyl (C=O) groups is 2. The molecule has 0 aliphatic rings. The zero-order valence-electron chi connectivity index (χ0n) is 27.9. The van der Waals surface area contributed by atoms with E-state index >= 15 is 0 Å². The van der Waals surface area contributed by atoms with E-state index in [0.29, 0.717) is 29.9 Å². The largest absolute Gasteiger partial charge is 0.494 e. The topological polar surface area (TPSA) is 71.1 Å². The van der Waals surface area contributed by atoms with Crippen LogP contribution in [0.5, 0.6) is 11.5 Å². The zero-order chi connectivity index (χ0) is 36.8. The summed E-state index contributed by atoms with van der Waals surface area (Å²) in [7, 11) is 0. The minimum absolute atomic E-state index is 0.143. The summed E-state index contributed by atoms with van der Waals surface area (Å²) in [5, 5.41) is 0. The van der Waals surface area contributed by atoms with Crippen molar-refractivity contribution in [2.75, 3.05) is 19.8 Å². The first-order valence-corrected chi connectivity index (χ1v) is 16.4. The van der Waals surface area contributed by atoms with Gasteiger partial charge in [-0.15, -0.1) is 0 Å². The number of carbonyl (C=O) groups excluding carboxylic acids is 2. The Morgan fingerprint density at radius 2 is 1.16 bits per heavy atom. The second-order valence-corrected chi connectivity index (χ2v) is 11.8. The van der Waals surface area contributed by atoms with Crippen LogP contribution in [0, 0.1) is 0 Å². The van der Waals surface area contributed by atoms with Crippen molar-refractivity contribution in [2.45, 2.75) is 89.3 Å². The number of hydrogen-bond acceptors (Lipinski definition) is 6. The Kier molecular flexibility index (Phi) is 15.1. The predicted molar refractivity (Wildman–Crippen MR) is 173 cm³/mol. The molecule has 274 valence electrons. The molecule has 0 radical (unpaired) electrons. The van der Waals surface area contributed by atoms with Gasteiger partial charge in [-0.25, -0.2) is 9.59 Å². The number of unbranched alkanes of at least 4 members (excludes halogenated alkanes) is 5. The lowest BCUT2D eigenvalue weighted by atomic mass is 10.0. The van der Waals surface area contributed by atoms with E-state index in [2.05, 4.69) is 11.7 Å². The molecule has 0 unspecified atom stereocenters. The van der Waals surface area contributed by atoms with Crippen molar-refractivity contribution >= 4 is 11.9 Å². The Morgan fingerprint density at radius 1 is 0.640 bits per heavy atom. The van der Waals surface area contributed by atoms with E-state index < -0.39 is 37.2 Å². The normalized spacial score (nSPS) is 12.7. The van der Waals surface area contributed by atoms with Crippen LogP contribution in [0.3, 0.4) is 0 Å². The van der Waals surface area contributed by atoms with Crippen LogP contribution in [0.25, 0.3) is 11.1 Å². The molecule has 0 spiro atoms. The Morgan fingerprint density at radius 3 is 1.76 bits per heavy atom. The molecular weight excluding hydrogens is 673 g/mol. The standard InChI is InChI=1S/C37H41F7O6/c1-3-4-5-7-10-26(2)49-33(45)29-13-11-27(12-14-29)28-15-21-32(22-16-28)50-34(46)30-17-19-31(20-18-30)48-24-9-6-8-23-47-25-35(38,39)36(40,41)37(42,43)44/h11-22,26H,3-10,23-25H2,1-2H3/t26-/m0/s1. The molecule has 0 saturated carbocycles. The van der Waals surface area contributed by atoms with Crippen molar-refractivity contribution < 1.29 is 59.3 Å². The lowest BCUT2D eigenvalue weighted by Crippen LogP contribution is -2.54. The highest BCUT2D eigenvalue weighted by molar-refractivity contribution is 5.91. The molecule has 1 atom stereocenters. The highest BCUT2D eigenvalue weighted by Gasteiger charge is 2.72. The molecule has 0 saturated heterocycles. The van der Waals surface area contributed by atoms with Crippen molar-refractivity contribution in [1.82, 2.24) is 0 Å². The number of rotatable bonds is 20. The Balaban J connectivity index is 1.37. The Hall–Kier alpha value is -4.13. The highest BCUT2D eigenvalue weighted by atomic mass is 19.4. The molecule has 3 aromatic rings. The van der Waals surface area contributed by atoms with Crippen LogP contribution in [0.15, 0.2) is 72.8 Å². The third-order valence-corrected chi connectivity index (χ3v) is 7.68. The van der Waals surface area contributed by atoms with Crippen LogP contribution >= 0.6 is 0 Å². The maximum Gasteiger partial charge on any atom is 0.459 e. The maximum atomic E-state index is 13.2. The van der Waals surface area contributed by atoms with Gasteiger partial charge >= 0.3 is 30.0 Å². The number of benzene rings is 3. The maximum absolute atomic E-state index is 13.2. The van der Waals surface area contributed by atoms with E-state index in [1.54, 1.807) is 48.5 Å². The number of alkyl halides is 7. The van der Waals surface area contributed by atoms with Gasteiger partial charge in [-0.2, -0.15) is 30.7 Å². The zero-order valence-corrected chi connectivity index (χ0v) is 27.9. The third-order valence-electron chi connectivity index (χ3n) is 7.68. The van der Waals surface area contributed by atoms with Gasteiger partial charge in [-0.05, 0) is 98.7 Å². The van der Waals surface area contributed by atoms with Crippen molar-refractivity contribution in [3.63, 3.8) is 0 Å². The molecule has 3 aromatic carbocycles. The third kappa shape index (κ3) is 12.0. The van der Waals surface area contributed by atoms with Gasteiger partial charge in [0.2, 0.25) is 0 Å². The van der Waals surface area contributed by atoms with E-state index in [4.69, 9.17) is 14.2 Å². The van der Waals surface area contributed by atoms with Crippen LogP contribution in [0.2, 0.25) is 0 Å². The average Bonchev–Trinajstić information content (AvgIpc) is 3.08. The van der Waals surface area contributed by atoms with Gasteiger partial charge < -0.3 is 18.9 Å². The van der Waals surface area contributed by atoms with E-state index in [1.165, 1.54) is 18.6 Å². The fourth-order valence-corrected chi connectivity index (χ4v) is 4.71. The van der Waals surface area contributed by atoms with Gasteiger partial charge in [0.25, 0.3) is 0 Å². The molecule has 0 amide bonds. The van der Waals surface area contributed by atoms with E-state index in [9.17, 15) is 40.3 Å². The molecular formula is C37H41F7O6. The summed E-state index contributed by atoms with van der Waals surface area (Å²) in [6, 6.07) is 20.1. The Bertz CT molecular complexity index is 1470. The van der Waals surface area contributed by atoms with Gasteiger partial charge in [-0.1, -0.05) is 50.5 Å². The lowest BCUT2D eigenvalue weighted by molar-refractivity contribution is -0.361. The molecule has 0 aliphatic heterocycles. The van der Waals surface area contributed by atoms with Crippen LogP contribution in [0.1, 0.15) is 85.9 Å². The quantitative estimate of drug-likeness (QED) is 0.0502. The summed E-state index contributed by atoms with van der Waals surface area (Å²) >= 11 is 0. The van der Waals surface area contributed by atoms with Gasteiger partial charge in [0.1, 0.15) is 18.1 Å². The molecule has 6 nitrogen and oxygen atoms in total. The van der Waals surface area contributed by atoms with E-state index in [1.807, 2.05) is 19.1 Å². The fourth-order valence-electron chi connectivity index (χ4n) is 4.71. The summed E-state index contributed by atoms with van der Waals surface area (Å²) in [6.07, 6.45) is -0.282. The minimum atomic E-state index is -6.38. The summed E-state index contributed by atoms with van der Waals surface area (Å²) in [5.74, 6) is -11.8. The van der Waals surface area contributed by atoms with Crippen LogP contribution in [0.4, 0.5) is 30.7 Å². The molecule has 0 aliphatic carbocycles. The van der Waals surface area contributed by atoms with Gasteiger partial charge in [0.15, 0.2) is 0 Å². The first-order chi connectivity index (χ1) is 23.6. The number of esters is 2. The minimum Gasteiger partial charge on any atom is -0.494 e. The van der Waals surface area contributed by atoms with E-state index in [-0.39, 0.29) is 30.7 Å². The number of halogens is 7. The second-order valence-electron chi connectivity index (χ2n) is 11.8. The van der Waals surface area contributed by atoms with Crippen molar-refractivity contribution in [2.24, 2.45) is 0 Å². The molecule has 0 fully saturated rings. The molecule has 0 aromatic heterocycles. The number of ether oxygens (including phenoxy) is 4. The van der Waals surface area contributed by atoms with Crippen LogP contribution in [-0.4, -0.2) is 55.9 Å². The lowest BCUT2D eigenvalue weighted by Gasteiger charge is -2.27. The highest BCUT2D eigenvalue weighted by Crippen LogP contribution is 2.46. The summed E-state index contributed by atoms with van der Waals surface area (Å²) in [6.45, 7) is 1.77. The average molecular weight is 715 g/mol. The van der Waals surface area contributed by atoms with Gasteiger partial charge in [0.05, 0.1) is 23.8 Å².